The summed E-state index contributed by atoms with van der Waals surface area (Å²) < 4.78 is 27.4. The number of aromatic nitrogens is 4. The van der Waals surface area contributed by atoms with Crippen LogP contribution in [0, 0.1) is 0 Å². The molecule has 2 fully saturated rings. The molecule has 0 unspecified atom stereocenters. The second kappa shape index (κ2) is 9.44. The molecule has 1 saturated carbocycles. The first-order valence-electron chi connectivity index (χ1n) is 13.4. The highest BCUT2D eigenvalue weighted by Gasteiger charge is 2.27. The molecule has 1 aliphatic carbocycles. The van der Waals surface area contributed by atoms with Crippen LogP contribution in [0.3, 0.4) is 0 Å². The van der Waals surface area contributed by atoms with Gasteiger partial charge in [-0.15, -0.1) is 0 Å². The van der Waals surface area contributed by atoms with Gasteiger partial charge in [0, 0.05) is 37.0 Å². The van der Waals surface area contributed by atoms with E-state index in [1.54, 1.807) is 4.57 Å². The van der Waals surface area contributed by atoms with Crippen LogP contribution >= 0.6 is 0 Å². The van der Waals surface area contributed by atoms with Crippen molar-refractivity contribution >= 4 is 31.9 Å². The molecular formula is C28H35N5O3S. The van der Waals surface area contributed by atoms with Crippen LogP contribution in [0.5, 0.6) is 0 Å². The van der Waals surface area contributed by atoms with E-state index in [1.807, 2.05) is 17.8 Å². The third-order valence-corrected chi connectivity index (χ3v) is 10.1. The molecule has 6 rings (SSSR count). The number of aryl methyl sites for hydroxylation is 1. The monoisotopic (exact) mass is 521 g/mol. The number of hydrogen-bond acceptors (Lipinski definition) is 5. The van der Waals surface area contributed by atoms with Gasteiger partial charge >= 0.3 is 5.69 Å². The van der Waals surface area contributed by atoms with Crippen molar-refractivity contribution in [3.05, 3.63) is 52.6 Å². The number of hydrogen-bond donors (Lipinski definition) is 1. The molecule has 3 aromatic heterocycles. The summed E-state index contributed by atoms with van der Waals surface area (Å²) in [6, 6.07) is 10.9. The number of nitrogens with zero attached hydrogens (tertiary/aromatic N) is 4. The lowest BCUT2D eigenvalue weighted by atomic mass is 9.95. The summed E-state index contributed by atoms with van der Waals surface area (Å²) in [7, 11) is -1.11. The van der Waals surface area contributed by atoms with Gasteiger partial charge in [0.15, 0.2) is 0 Å². The molecule has 1 aliphatic heterocycles. The van der Waals surface area contributed by atoms with E-state index in [0.717, 1.165) is 65.8 Å². The van der Waals surface area contributed by atoms with Crippen molar-refractivity contribution in [3.8, 4) is 11.3 Å². The lowest BCUT2D eigenvalue weighted by molar-refractivity contribution is 0.222. The Labute approximate surface area is 217 Å². The number of fused-ring (bicyclic) bond motifs is 3. The van der Waals surface area contributed by atoms with Crippen molar-refractivity contribution in [2.75, 3.05) is 19.3 Å². The average Bonchev–Trinajstić information content (AvgIpc) is 3.44. The van der Waals surface area contributed by atoms with E-state index in [1.165, 1.54) is 31.1 Å². The Morgan fingerprint density at radius 2 is 1.73 bits per heavy atom. The SMILES string of the molecule is Cn1c(=O)n(C2CCCCC2)c2c3cc(-c4ccc(CN5CCC(S(C)(=O)=O)CC5)cc4)[nH]c3ncc21. The Balaban J connectivity index is 1.27. The van der Waals surface area contributed by atoms with Crippen LogP contribution in [0.25, 0.3) is 33.3 Å². The van der Waals surface area contributed by atoms with E-state index in [2.05, 4.69) is 45.2 Å². The van der Waals surface area contributed by atoms with Crippen LogP contribution in [0.4, 0.5) is 0 Å². The maximum Gasteiger partial charge on any atom is 0.329 e. The lowest BCUT2D eigenvalue weighted by Crippen LogP contribution is -2.38. The van der Waals surface area contributed by atoms with E-state index in [0.29, 0.717) is 12.8 Å². The summed E-state index contributed by atoms with van der Waals surface area (Å²) in [5.41, 5.74) is 5.99. The molecule has 37 heavy (non-hydrogen) atoms. The van der Waals surface area contributed by atoms with Crippen molar-refractivity contribution in [3.63, 3.8) is 0 Å². The fraction of sp³-hybridized carbons (Fsp3) is 0.500. The van der Waals surface area contributed by atoms with E-state index in [9.17, 15) is 13.2 Å². The molecule has 1 N–H and O–H groups in total. The van der Waals surface area contributed by atoms with E-state index in [4.69, 9.17) is 0 Å². The lowest BCUT2D eigenvalue weighted by Gasteiger charge is -2.31. The van der Waals surface area contributed by atoms with Gasteiger partial charge in [-0.25, -0.2) is 18.2 Å². The maximum absolute atomic E-state index is 13.2. The molecule has 1 aromatic carbocycles. The minimum Gasteiger partial charge on any atom is -0.339 e. The van der Waals surface area contributed by atoms with Gasteiger partial charge < -0.3 is 4.98 Å². The molecule has 4 heterocycles. The predicted octanol–water partition coefficient (Wildman–Crippen LogP) is 4.40. The highest BCUT2D eigenvalue weighted by atomic mass is 32.2. The number of imidazole rings is 1. The van der Waals surface area contributed by atoms with Gasteiger partial charge in [-0.05, 0) is 56.0 Å². The number of nitrogens with one attached hydrogen (secondary N) is 1. The van der Waals surface area contributed by atoms with Crippen molar-refractivity contribution in [1.29, 1.82) is 0 Å². The Hall–Kier alpha value is -2.91. The number of aromatic amines is 1. The molecule has 0 amide bonds. The Morgan fingerprint density at radius 3 is 2.41 bits per heavy atom. The van der Waals surface area contributed by atoms with Crippen molar-refractivity contribution in [2.45, 2.75) is 62.8 Å². The largest absolute Gasteiger partial charge is 0.339 e. The zero-order valence-corrected chi connectivity index (χ0v) is 22.4. The Bertz CT molecular complexity index is 1600. The Kier molecular flexibility index (Phi) is 6.23. The van der Waals surface area contributed by atoms with Crippen LogP contribution in [-0.4, -0.2) is 57.0 Å². The van der Waals surface area contributed by atoms with Crippen LogP contribution < -0.4 is 5.69 Å². The molecular weight excluding hydrogens is 486 g/mol. The number of pyridine rings is 1. The average molecular weight is 522 g/mol. The predicted molar refractivity (Wildman–Crippen MR) is 148 cm³/mol. The summed E-state index contributed by atoms with van der Waals surface area (Å²) in [4.78, 5) is 23.7. The topological polar surface area (TPSA) is 93.0 Å². The minimum atomic E-state index is -2.95. The van der Waals surface area contributed by atoms with Gasteiger partial charge in [0.2, 0.25) is 0 Å². The zero-order chi connectivity index (χ0) is 25.7. The summed E-state index contributed by atoms with van der Waals surface area (Å²) in [5.74, 6) is 0. The first kappa shape index (κ1) is 24.4. The van der Waals surface area contributed by atoms with Crippen LogP contribution in [0.1, 0.15) is 56.6 Å². The molecule has 4 aromatic rings. The molecule has 1 saturated heterocycles. The summed E-state index contributed by atoms with van der Waals surface area (Å²) >= 11 is 0. The van der Waals surface area contributed by atoms with Crippen LogP contribution in [0.2, 0.25) is 0 Å². The highest BCUT2D eigenvalue weighted by molar-refractivity contribution is 7.91. The normalized spacial score (nSPS) is 18.8. The molecule has 0 bridgehead atoms. The fourth-order valence-electron chi connectivity index (χ4n) is 6.29. The van der Waals surface area contributed by atoms with Crippen molar-refractivity contribution in [2.24, 2.45) is 7.05 Å². The number of piperidine rings is 1. The maximum atomic E-state index is 13.2. The summed E-state index contributed by atoms with van der Waals surface area (Å²) in [6.45, 7) is 2.44. The molecule has 0 radical (unpaired) electrons. The van der Waals surface area contributed by atoms with Gasteiger partial charge in [0.05, 0.1) is 22.5 Å². The summed E-state index contributed by atoms with van der Waals surface area (Å²) in [6.07, 6.45) is 10.3. The van der Waals surface area contributed by atoms with Crippen molar-refractivity contribution in [1.82, 2.24) is 24.0 Å². The van der Waals surface area contributed by atoms with Gasteiger partial charge in [0.1, 0.15) is 15.5 Å². The highest BCUT2D eigenvalue weighted by Crippen LogP contribution is 2.34. The molecule has 8 nitrogen and oxygen atoms in total. The minimum absolute atomic E-state index is 0.0453. The van der Waals surface area contributed by atoms with E-state index in [-0.39, 0.29) is 17.0 Å². The van der Waals surface area contributed by atoms with Gasteiger partial charge in [0.25, 0.3) is 0 Å². The number of sulfone groups is 1. The van der Waals surface area contributed by atoms with Gasteiger partial charge in [-0.3, -0.25) is 14.0 Å². The fourth-order valence-corrected chi connectivity index (χ4v) is 7.35. The van der Waals surface area contributed by atoms with Gasteiger partial charge in [-0.1, -0.05) is 43.5 Å². The third-order valence-electron chi connectivity index (χ3n) is 8.46. The van der Waals surface area contributed by atoms with Gasteiger partial charge in [-0.2, -0.15) is 0 Å². The smallest absolute Gasteiger partial charge is 0.329 e. The number of H-pyrrole nitrogens is 1. The van der Waals surface area contributed by atoms with Crippen LogP contribution in [0.15, 0.2) is 41.3 Å². The molecule has 2 aliphatic rings. The quantitative estimate of drug-likeness (QED) is 0.420. The Morgan fingerprint density at radius 1 is 1.03 bits per heavy atom. The molecule has 0 spiro atoms. The van der Waals surface area contributed by atoms with Crippen molar-refractivity contribution < 1.29 is 8.42 Å². The number of likely N-dealkylation sites (tertiary alicyclic amines) is 1. The standard InChI is InChI=1S/C28H35N5O3S/c1-31-25-17-29-27-23(26(25)33(28(31)34)21-6-4-3-5-7-21)16-24(30-27)20-10-8-19(9-11-20)18-32-14-12-22(13-15-32)37(2,35)36/h8-11,16-17,21-22H,3-7,12-15,18H2,1-2H3,(H,29,30). The first-order valence-corrected chi connectivity index (χ1v) is 15.3. The van der Waals surface area contributed by atoms with E-state index >= 15 is 0 Å². The first-order chi connectivity index (χ1) is 17.8. The molecule has 9 heteroatoms. The van der Waals surface area contributed by atoms with E-state index < -0.39 is 9.84 Å². The van der Waals surface area contributed by atoms with Crippen LogP contribution in [-0.2, 0) is 23.4 Å². The molecule has 196 valence electrons. The zero-order valence-electron chi connectivity index (χ0n) is 21.6. The second-order valence-corrected chi connectivity index (χ2v) is 13.3. The number of rotatable bonds is 5. The second-order valence-electron chi connectivity index (χ2n) is 10.9. The summed E-state index contributed by atoms with van der Waals surface area (Å²) in [5, 5.41) is 0.793. The third kappa shape index (κ3) is 4.52. The molecule has 0 atom stereocenters. The number of benzene rings is 1.